The van der Waals surface area contributed by atoms with Crippen LogP contribution in [0.4, 0.5) is 5.82 Å². The van der Waals surface area contributed by atoms with Crippen molar-refractivity contribution in [3.8, 4) is 0 Å². The summed E-state index contributed by atoms with van der Waals surface area (Å²) in [5.74, 6) is 0.859. The molecule has 0 spiro atoms. The number of anilines is 1. The minimum Gasteiger partial charge on any atom is -0.369 e. The highest BCUT2D eigenvalue weighted by atomic mass is 79.9. The maximum Gasteiger partial charge on any atom is 0.140 e. The van der Waals surface area contributed by atoms with Gasteiger partial charge in [0.25, 0.3) is 0 Å². The molecule has 0 bridgehead atoms. The van der Waals surface area contributed by atoms with Crippen LogP contribution in [0.3, 0.4) is 0 Å². The Kier molecular flexibility index (Phi) is 4.53. The first-order chi connectivity index (χ1) is 6.24. The molecule has 0 fully saturated rings. The van der Waals surface area contributed by atoms with Gasteiger partial charge in [0.15, 0.2) is 0 Å². The largest absolute Gasteiger partial charge is 0.369 e. The number of aromatic nitrogens is 1. The van der Waals surface area contributed by atoms with Crippen molar-refractivity contribution < 1.29 is 0 Å². The first-order valence-electron chi connectivity index (χ1n) is 4.29. The van der Waals surface area contributed by atoms with E-state index < -0.39 is 0 Å². The molecular formula is C9H12BrClN2. The minimum absolute atomic E-state index is 0.646. The van der Waals surface area contributed by atoms with Gasteiger partial charge in [-0.1, -0.05) is 24.9 Å². The summed E-state index contributed by atoms with van der Waals surface area (Å²) in [5, 5.41) is 3.87. The van der Waals surface area contributed by atoms with Crippen molar-refractivity contribution in [3.05, 3.63) is 21.8 Å². The Morgan fingerprint density at radius 2 is 2.38 bits per heavy atom. The zero-order chi connectivity index (χ0) is 9.68. The fraction of sp³-hybridized carbons (Fsp3) is 0.444. The first-order valence-corrected chi connectivity index (χ1v) is 5.46. The van der Waals surface area contributed by atoms with Gasteiger partial charge in [-0.25, -0.2) is 4.98 Å². The van der Waals surface area contributed by atoms with Crippen LogP contribution >= 0.6 is 27.5 Å². The summed E-state index contributed by atoms with van der Waals surface area (Å²) in [4.78, 5) is 4.16. The third-order valence-corrected chi connectivity index (χ3v) is 2.44. The van der Waals surface area contributed by atoms with Gasteiger partial charge >= 0.3 is 0 Å². The fourth-order valence-electron chi connectivity index (χ4n) is 0.928. The van der Waals surface area contributed by atoms with Crippen molar-refractivity contribution in [2.75, 3.05) is 11.9 Å². The molecular weight excluding hydrogens is 251 g/mol. The molecule has 0 aromatic carbocycles. The Labute approximate surface area is 91.8 Å². The molecule has 0 aliphatic carbocycles. The average Bonchev–Trinajstić information content (AvgIpc) is 2.09. The molecule has 0 amide bonds. The van der Waals surface area contributed by atoms with Gasteiger partial charge in [-0.15, -0.1) is 0 Å². The molecule has 1 aromatic rings. The highest BCUT2D eigenvalue weighted by molar-refractivity contribution is 9.10. The number of nitrogens with one attached hydrogen (secondary N) is 1. The van der Waals surface area contributed by atoms with Gasteiger partial charge < -0.3 is 5.32 Å². The summed E-state index contributed by atoms with van der Waals surface area (Å²) in [5.41, 5.74) is 0. The van der Waals surface area contributed by atoms with E-state index in [-0.39, 0.29) is 0 Å². The predicted octanol–water partition coefficient (Wildman–Crippen LogP) is 3.71. The lowest BCUT2D eigenvalue weighted by Gasteiger charge is -2.06. The molecule has 0 atom stereocenters. The van der Waals surface area contributed by atoms with Crippen molar-refractivity contribution >= 4 is 33.3 Å². The minimum atomic E-state index is 0.646. The van der Waals surface area contributed by atoms with Crippen LogP contribution in [0.1, 0.15) is 19.8 Å². The number of halogens is 2. The molecule has 0 aliphatic heterocycles. The average molecular weight is 264 g/mol. The molecule has 0 radical (unpaired) electrons. The third kappa shape index (κ3) is 3.53. The van der Waals surface area contributed by atoms with Crippen molar-refractivity contribution in [2.45, 2.75) is 19.8 Å². The van der Waals surface area contributed by atoms with E-state index in [0.29, 0.717) is 5.02 Å². The van der Waals surface area contributed by atoms with E-state index in [0.717, 1.165) is 23.3 Å². The molecule has 72 valence electrons. The summed E-state index contributed by atoms with van der Waals surface area (Å²) < 4.78 is 0.913. The first kappa shape index (κ1) is 10.8. The highest BCUT2D eigenvalue weighted by Gasteiger charge is 2.00. The van der Waals surface area contributed by atoms with E-state index in [1.54, 1.807) is 6.20 Å². The quantitative estimate of drug-likeness (QED) is 0.838. The van der Waals surface area contributed by atoms with Crippen LogP contribution in [0.25, 0.3) is 0 Å². The van der Waals surface area contributed by atoms with E-state index in [1.807, 2.05) is 6.07 Å². The lowest BCUT2D eigenvalue weighted by Crippen LogP contribution is -2.03. The topological polar surface area (TPSA) is 24.9 Å². The van der Waals surface area contributed by atoms with Crippen molar-refractivity contribution in [1.29, 1.82) is 0 Å². The lowest BCUT2D eigenvalue weighted by atomic mass is 10.3. The summed E-state index contributed by atoms with van der Waals surface area (Å²) in [7, 11) is 0. The van der Waals surface area contributed by atoms with Gasteiger partial charge in [-0.3, -0.25) is 0 Å². The number of rotatable bonds is 4. The summed E-state index contributed by atoms with van der Waals surface area (Å²) in [6, 6.07) is 1.84. The molecule has 1 rings (SSSR count). The predicted molar refractivity (Wildman–Crippen MR) is 60.3 cm³/mol. The van der Waals surface area contributed by atoms with Gasteiger partial charge in [0.1, 0.15) is 5.82 Å². The number of hydrogen-bond acceptors (Lipinski definition) is 2. The monoisotopic (exact) mass is 262 g/mol. The molecule has 1 N–H and O–H groups in total. The van der Waals surface area contributed by atoms with Crippen LogP contribution in [0, 0.1) is 0 Å². The molecule has 0 unspecified atom stereocenters. The van der Waals surface area contributed by atoms with Crippen molar-refractivity contribution in [3.63, 3.8) is 0 Å². The van der Waals surface area contributed by atoms with Gasteiger partial charge in [0.05, 0.1) is 9.50 Å². The van der Waals surface area contributed by atoms with E-state index in [9.17, 15) is 0 Å². The third-order valence-electron chi connectivity index (χ3n) is 1.63. The van der Waals surface area contributed by atoms with Crippen molar-refractivity contribution in [1.82, 2.24) is 4.98 Å². The van der Waals surface area contributed by atoms with Crippen molar-refractivity contribution in [2.24, 2.45) is 0 Å². The number of pyridine rings is 1. The Bertz CT molecular complexity index is 278. The Morgan fingerprint density at radius 3 is 3.00 bits per heavy atom. The zero-order valence-corrected chi connectivity index (χ0v) is 9.82. The second-order valence-electron chi connectivity index (χ2n) is 2.76. The lowest BCUT2D eigenvalue weighted by molar-refractivity contribution is 0.830. The van der Waals surface area contributed by atoms with Gasteiger partial charge in [0, 0.05) is 12.7 Å². The highest BCUT2D eigenvalue weighted by Crippen LogP contribution is 2.22. The molecule has 1 aromatic heterocycles. The number of hydrogen-bond donors (Lipinski definition) is 1. The summed E-state index contributed by atoms with van der Waals surface area (Å²) in [6.45, 7) is 3.11. The van der Waals surface area contributed by atoms with E-state index in [2.05, 4.69) is 33.2 Å². The van der Waals surface area contributed by atoms with Crippen LogP contribution in [-0.2, 0) is 0 Å². The molecule has 1 heterocycles. The van der Waals surface area contributed by atoms with E-state index in [4.69, 9.17) is 11.6 Å². The molecule has 4 heteroatoms. The van der Waals surface area contributed by atoms with Crippen LogP contribution in [0.5, 0.6) is 0 Å². The molecule has 0 aliphatic rings. The van der Waals surface area contributed by atoms with Crippen LogP contribution < -0.4 is 5.32 Å². The van der Waals surface area contributed by atoms with E-state index >= 15 is 0 Å². The number of unbranched alkanes of at least 4 members (excludes halogenated alkanes) is 1. The normalized spacial score (nSPS) is 10.1. The SMILES string of the molecule is CCCCNc1ncc(Cl)cc1Br. The number of nitrogens with zero attached hydrogens (tertiary/aromatic N) is 1. The van der Waals surface area contributed by atoms with E-state index in [1.165, 1.54) is 6.42 Å². The molecule has 13 heavy (non-hydrogen) atoms. The van der Waals surface area contributed by atoms with Gasteiger partial charge in [0.2, 0.25) is 0 Å². The second-order valence-corrected chi connectivity index (χ2v) is 4.06. The summed E-state index contributed by atoms with van der Waals surface area (Å²) >= 11 is 9.15. The maximum atomic E-state index is 5.76. The maximum absolute atomic E-state index is 5.76. The molecule has 2 nitrogen and oxygen atoms in total. The van der Waals surface area contributed by atoms with Crippen LogP contribution in [-0.4, -0.2) is 11.5 Å². The summed E-state index contributed by atoms with van der Waals surface area (Å²) in [6.07, 6.45) is 3.97. The molecule has 0 saturated carbocycles. The van der Waals surface area contributed by atoms with Gasteiger partial charge in [-0.2, -0.15) is 0 Å². The Hall–Kier alpha value is -0.280. The standard InChI is InChI=1S/C9H12BrClN2/c1-2-3-4-12-9-8(10)5-7(11)6-13-9/h5-6H,2-4H2,1H3,(H,12,13). The molecule has 0 saturated heterocycles. The Balaban J connectivity index is 2.56. The Morgan fingerprint density at radius 1 is 1.62 bits per heavy atom. The smallest absolute Gasteiger partial charge is 0.140 e. The van der Waals surface area contributed by atoms with Crippen LogP contribution in [0.15, 0.2) is 16.7 Å². The fourth-order valence-corrected chi connectivity index (χ4v) is 1.71. The zero-order valence-electron chi connectivity index (χ0n) is 7.48. The second kappa shape index (κ2) is 5.45. The van der Waals surface area contributed by atoms with Gasteiger partial charge in [-0.05, 0) is 28.4 Å². The van der Waals surface area contributed by atoms with Crippen LogP contribution in [0.2, 0.25) is 5.02 Å².